The van der Waals surface area contributed by atoms with Gasteiger partial charge in [0, 0.05) is 18.8 Å². The number of sulfone groups is 1. The predicted octanol–water partition coefficient (Wildman–Crippen LogP) is 3.18. The molecule has 0 spiro atoms. The number of aromatic nitrogens is 2. The molecule has 0 atom stereocenters. The zero-order chi connectivity index (χ0) is 15.1. The summed E-state index contributed by atoms with van der Waals surface area (Å²) in [5.74, 6) is 1.20. The summed E-state index contributed by atoms with van der Waals surface area (Å²) >= 11 is 0. The van der Waals surface area contributed by atoms with Crippen LogP contribution in [0.15, 0.2) is 18.5 Å². The molecule has 0 saturated heterocycles. The van der Waals surface area contributed by atoms with E-state index in [9.17, 15) is 8.42 Å². The van der Waals surface area contributed by atoms with Crippen molar-refractivity contribution >= 4 is 9.84 Å². The molecule has 1 rings (SSSR count). The first-order valence-corrected chi connectivity index (χ1v) is 8.96. The lowest BCUT2D eigenvalue weighted by atomic mass is 10.1. The molecule has 0 aliphatic carbocycles. The second-order valence-electron chi connectivity index (χ2n) is 6.11. The Balaban J connectivity index is 2.09. The van der Waals surface area contributed by atoms with Crippen LogP contribution in [-0.4, -0.2) is 28.9 Å². The molecule has 114 valence electrons. The minimum absolute atomic E-state index is 0.304. The largest absolute Gasteiger partial charge is 0.241 e. The maximum absolute atomic E-state index is 11.9. The van der Waals surface area contributed by atoms with Crippen LogP contribution in [-0.2, 0) is 16.3 Å². The highest BCUT2D eigenvalue weighted by molar-refractivity contribution is 7.92. The van der Waals surface area contributed by atoms with Crippen molar-refractivity contribution in [1.29, 1.82) is 0 Å². The zero-order valence-electron chi connectivity index (χ0n) is 12.8. The summed E-state index contributed by atoms with van der Waals surface area (Å²) in [5.41, 5.74) is 0. The molecule has 1 heterocycles. The summed E-state index contributed by atoms with van der Waals surface area (Å²) in [5, 5.41) is 0. The van der Waals surface area contributed by atoms with Crippen molar-refractivity contribution in [2.45, 2.75) is 64.0 Å². The summed E-state index contributed by atoms with van der Waals surface area (Å²) in [4.78, 5) is 8.36. The van der Waals surface area contributed by atoms with Gasteiger partial charge in [-0.05, 0) is 39.7 Å². The van der Waals surface area contributed by atoms with Crippen LogP contribution < -0.4 is 0 Å². The highest BCUT2D eigenvalue weighted by Crippen LogP contribution is 2.18. The van der Waals surface area contributed by atoms with Crippen LogP contribution >= 0.6 is 0 Å². The van der Waals surface area contributed by atoms with E-state index in [2.05, 4.69) is 9.97 Å². The Morgan fingerprint density at radius 2 is 1.50 bits per heavy atom. The maximum Gasteiger partial charge on any atom is 0.155 e. The molecular formula is C15H26N2O2S. The van der Waals surface area contributed by atoms with Crippen LogP contribution in [0, 0.1) is 0 Å². The third-order valence-corrected chi connectivity index (χ3v) is 6.06. The zero-order valence-corrected chi connectivity index (χ0v) is 13.6. The Labute approximate surface area is 123 Å². The van der Waals surface area contributed by atoms with Gasteiger partial charge in [0.2, 0.25) is 0 Å². The summed E-state index contributed by atoms with van der Waals surface area (Å²) in [6, 6.07) is 1.82. The van der Waals surface area contributed by atoms with Gasteiger partial charge >= 0.3 is 0 Å². The first-order valence-electron chi connectivity index (χ1n) is 7.31. The molecule has 20 heavy (non-hydrogen) atoms. The van der Waals surface area contributed by atoms with E-state index in [-0.39, 0.29) is 0 Å². The highest BCUT2D eigenvalue weighted by atomic mass is 32.2. The Morgan fingerprint density at radius 3 is 2.10 bits per heavy atom. The normalized spacial score (nSPS) is 12.6. The second-order valence-corrected chi connectivity index (χ2v) is 8.98. The molecule has 0 bridgehead atoms. The van der Waals surface area contributed by atoms with Gasteiger partial charge in [-0.3, -0.25) is 0 Å². The molecule has 0 aromatic carbocycles. The molecule has 0 N–H and O–H groups in total. The minimum Gasteiger partial charge on any atom is -0.241 e. The molecule has 4 nitrogen and oxygen atoms in total. The van der Waals surface area contributed by atoms with E-state index in [4.69, 9.17) is 0 Å². The Morgan fingerprint density at radius 1 is 0.950 bits per heavy atom. The number of hydrogen-bond acceptors (Lipinski definition) is 4. The van der Waals surface area contributed by atoms with E-state index in [0.717, 1.165) is 44.3 Å². The van der Waals surface area contributed by atoms with Gasteiger partial charge in [0.1, 0.15) is 5.82 Å². The van der Waals surface area contributed by atoms with Crippen LogP contribution in [0.3, 0.4) is 0 Å². The van der Waals surface area contributed by atoms with E-state index >= 15 is 0 Å². The topological polar surface area (TPSA) is 59.9 Å². The Bertz CT molecular complexity index is 478. The van der Waals surface area contributed by atoms with Crippen LogP contribution in [0.5, 0.6) is 0 Å². The molecule has 1 aromatic heterocycles. The summed E-state index contributed by atoms with van der Waals surface area (Å²) in [6.45, 7) is 5.30. The molecule has 0 amide bonds. The average molecular weight is 298 g/mol. The molecule has 0 saturated carbocycles. The third-order valence-electron chi connectivity index (χ3n) is 3.37. The lowest BCUT2D eigenvalue weighted by Crippen LogP contribution is -2.30. The van der Waals surface area contributed by atoms with Gasteiger partial charge in [-0.25, -0.2) is 18.4 Å². The number of aryl methyl sites for hydroxylation is 1. The molecule has 0 unspecified atom stereocenters. The summed E-state index contributed by atoms with van der Waals surface area (Å²) in [6.07, 6.45) is 9.42. The van der Waals surface area contributed by atoms with Crippen molar-refractivity contribution in [3.05, 3.63) is 24.3 Å². The van der Waals surface area contributed by atoms with Crippen LogP contribution in [0.1, 0.15) is 58.7 Å². The lowest BCUT2D eigenvalue weighted by Gasteiger charge is -2.18. The maximum atomic E-state index is 11.9. The predicted molar refractivity (Wildman–Crippen MR) is 82.4 cm³/mol. The average Bonchev–Trinajstić information content (AvgIpc) is 2.37. The molecule has 0 aliphatic rings. The molecule has 0 radical (unpaired) electrons. The highest BCUT2D eigenvalue weighted by Gasteiger charge is 2.27. The van der Waals surface area contributed by atoms with Gasteiger partial charge in [-0.15, -0.1) is 0 Å². The van der Waals surface area contributed by atoms with Gasteiger partial charge in [-0.1, -0.05) is 19.3 Å². The van der Waals surface area contributed by atoms with E-state index in [0.29, 0.717) is 5.75 Å². The number of nitrogens with zero attached hydrogens (tertiary/aromatic N) is 2. The Hall–Kier alpha value is -0.970. The fourth-order valence-corrected chi connectivity index (χ4v) is 3.07. The van der Waals surface area contributed by atoms with Crippen molar-refractivity contribution in [3.63, 3.8) is 0 Å². The SMILES string of the molecule is CC(C)(C)S(=O)(=O)CCCCCCCc1ncccn1. The first kappa shape index (κ1) is 17.1. The first-order chi connectivity index (χ1) is 9.33. The molecular weight excluding hydrogens is 272 g/mol. The van der Waals surface area contributed by atoms with Gasteiger partial charge in [0.15, 0.2) is 9.84 Å². The van der Waals surface area contributed by atoms with Gasteiger partial charge in [0.05, 0.1) is 10.5 Å². The number of unbranched alkanes of at least 4 members (excludes halogenated alkanes) is 4. The minimum atomic E-state index is -2.95. The van der Waals surface area contributed by atoms with E-state index in [1.807, 2.05) is 6.07 Å². The van der Waals surface area contributed by atoms with Crippen LogP contribution in [0.4, 0.5) is 0 Å². The number of hydrogen-bond donors (Lipinski definition) is 0. The van der Waals surface area contributed by atoms with Crippen molar-refractivity contribution in [1.82, 2.24) is 9.97 Å². The molecule has 0 aliphatic heterocycles. The fourth-order valence-electron chi connectivity index (χ4n) is 1.87. The van der Waals surface area contributed by atoms with Gasteiger partial charge in [-0.2, -0.15) is 0 Å². The Kier molecular flexibility index (Phi) is 6.59. The molecule has 1 aromatic rings. The summed E-state index contributed by atoms with van der Waals surface area (Å²) in [7, 11) is -2.95. The van der Waals surface area contributed by atoms with Crippen molar-refractivity contribution in [3.8, 4) is 0 Å². The van der Waals surface area contributed by atoms with Crippen molar-refractivity contribution in [2.24, 2.45) is 0 Å². The fraction of sp³-hybridized carbons (Fsp3) is 0.733. The third kappa shape index (κ3) is 5.99. The lowest BCUT2D eigenvalue weighted by molar-refractivity contribution is 0.552. The molecule has 0 fully saturated rings. The second kappa shape index (κ2) is 7.72. The van der Waals surface area contributed by atoms with Crippen molar-refractivity contribution in [2.75, 3.05) is 5.75 Å². The molecule has 5 heteroatoms. The smallest absolute Gasteiger partial charge is 0.155 e. The van der Waals surface area contributed by atoms with Crippen LogP contribution in [0.25, 0.3) is 0 Å². The van der Waals surface area contributed by atoms with Crippen LogP contribution in [0.2, 0.25) is 0 Å². The van der Waals surface area contributed by atoms with E-state index in [1.165, 1.54) is 0 Å². The summed E-state index contributed by atoms with van der Waals surface area (Å²) < 4.78 is 23.2. The van der Waals surface area contributed by atoms with Gasteiger partial charge in [0.25, 0.3) is 0 Å². The standard InChI is InChI=1S/C15H26N2O2S/c1-15(2,3)20(18,19)13-8-6-4-5-7-10-14-16-11-9-12-17-14/h9,11-12H,4-8,10,13H2,1-3H3. The van der Waals surface area contributed by atoms with Gasteiger partial charge < -0.3 is 0 Å². The quantitative estimate of drug-likeness (QED) is 0.692. The van der Waals surface area contributed by atoms with E-state index in [1.54, 1.807) is 33.2 Å². The monoisotopic (exact) mass is 298 g/mol. The van der Waals surface area contributed by atoms with Crippen molar-refractivity contribution < 1.29 is 8.42 Å². The van der Waals surface area contributed by atoms with E-state index < -0.39 is 14.6 Å². The number of rotatable bonds is 8.